The molecule has 6 heteroatoms. The molecule has 1 unspecified atom stereocenters. The number of aromatic nitrogens is 1. The van der Waals surface area contributed by atoms with E-state index in [1.165, 1.54) is 12.1 Å². The number of anilines is 1. The topological polar surface area (TPSA) is 74.2 Å². The molecule has 0 aliphatic rings. The van der Waals surface area contributed by atoms with Gasteiger partial charge in [-0.2, -0.15) is 0 Å². The Kier molecular flexibility index (Phi) is 5.85. The van der Waals surface area contributed by atoms with Crippen molar-refractivity contribution in [2.45, 2.75) is 12.3 Å². The van der Waals surface area contributed by atoms with Crippen molar-refractivity contribution in [3.63, 3.8) is 0 Å². The van der Waals surface area contributed by atoms with Crippen molar-refractivity contribution in [1.82, 2.24) is 10.3 Å². The van der Waals surface area contributed by atoms with Gasteiger partial charge >= 0.3 is 6.03 Å². The third-order valence-electron chi connectivity index (χ3n) is 3.23. The summed E-state index contributed by atoms with van der Waals surface area (Å²) in [6.07, 6.45) is 1.59. The lowest BCUT2D eigenvalue weighted by atomic mass is 9.96. The Balaban J connectivity index is 1.89. The molecule has 116 valence electrons. The van der Waals surface area contributed by atoms with Crippen LogP contribution in [0.5, 0.6) is 0 Å². The summed E-state index contributed by atoms with van der Waals surface area (Å²) in [5.41, 5.74) is 1.05. The van der Waals surface area contributed by atoms with Crippen LogP contribution in [0.25, 0.3) is 0 Å². The highest BCUT2D eigenvalue weighted by Gasteiger charge is 2.12. The number of aliphatic hydroxyl groups is 1. The molecular formula is C16H18FN3O2. The molecule has 1 aromatic carbocycles. The van der Waals surface area contributed by atoms with Crippen molar-refractivity contribution in [3.8, 4) is 0 Å². The van der Waals surface area contributed by atoms with Crippen molar-refractivity contribution in [2.24, 2.45) is 0 Å². The van der Waals surface area contributed by atoms with Crippen molar-refractivity contribution >= 4 is 11.8 Å². The molecule has 0 spiro atoms. The second-order valence-corrected chi connectivity index (χ2v) is 4.82. The zero-order chi connectivity index (χ0) is 15.8. The smallest absolute Gasteiger partial charge is 0.320 e. The van der Waals surface area contributed by atoms with E-state index < -0.39 is 11.8 Å². The molecule has 0 aliphatic carbocycles. The van der Waals surface area contributed by atoms with Crippen molar-refractivity contribution in [2.75, 3.05) is 18.5 Å². The third-order valence-corrected chi connectivity index (χ3v) is 3.23. The van der Waals surface area contributed by atoms with Gasteiger partial charge in [0.05, 0.1) is 6.20 Å². The first-order valence-electron chi connectivity index (χ1n) is 7.01. The lowest BCUT2D eigenvalue weighted by Gasteiger charge is -2.17. The van der Waals surface area contributed by atoms with Crippen LogP contribution in [0.2, 0.25) is 0 Å². The molecule has 2 rings (SSSR count). The maximum Gasteiger partial charge on any atom is 0.320 e. The normalized spacial score (nSPS) is 11.7. The summed E-state index contributed by atoms with van der Waals surface area (Å²) < 4.78 is 12.7. The number of pyridine rings is 1. The maximum atomic E-state index is 12.7. The van der Waals surface area contributed by atoms with Gasteiger partial charge in [0, 0.05) is 19.1 Å². The number of aliphatic hydroxyl groups excluding tert-OH is 1. The number of halogens is 1. The Bertz CT molecular complexity index is 590. The van der Waals surface area contributed by atoms with Crippen LogP contribution in [-0.2, 0) is 0 Å². The van der Waals surface area contributed by atoms with Gasteiger partial charge < -0.3 is 10.4 Å². The Labute approximate surface area is 128 Å². The van der Waals surface area contributed by atoms with E-state index >= 15 is 0 Å². The molecule has 22 heavy (non-hydrogen) atoms. The summed E-state index contributed by atoms with van der Waals surface area (Å²) in [5, 5.41) is 14.4. The van der Waals surface area contributed by atoms with Crippen LogP contribution >= 0.6 is 0 Å². The Hall–Kier alpha value is -2.47. The Morgan fingerprint density at radius 2 is 2.00 bits per heavy atom. The fourth-order valence-electron chi connectivity index (χ4n) is 2.09. The summed E-state index contributed by atoms with van der Waals surface area (Å²) in [5.74, 6) is -0.159. The predicted octanol–water partition coefficient (Wildman–Crippen LogP) is 2.51. The van der Waals surface area contributed by atoms with Gasteiger partial charge in [-0.25, -0.2) is 14.2 Å². The zero-order valence-corrected chi connectivity index (χ0v) is 12.0. The summed E-state index contributed by atoms with van der Waals surface area (Å²) in [4.78, 5) is 15.6. The fourth-order valence-corrected chi connectivity index (χ4v) is 2.09. The fraction of sp³-hybridized carbons (Fsp3) is 0.250. The summed E-state index contributed by atoms with van der Waals surface area (Å²) in [6, 6.07) is 11.9. The zero-order valence-electron chi connectivity index (χ0n) is 12.0. The molecule has 2 amide bonds. The first kappa shape index (κ1) is 15.9. The molecule has 5 nitrogen and oxygen atoms in total. The third kappa shape index (κ3) is 4.82. The van der Waals surface area contributed by atoms with Crippen molar-refractivity contribution in [1.29, 1.82) is 0 Å². The number of carbonyl (C=O) groups excluding carboxylic acids is 1. The van der Waals surface area contributed by atoms with E-state index in [1.54, 1.807) is 0 Å². The molecule has 0 radical (unpaired) electrons. The van der Waals surface area contributed by atoms with Gasteiger partial charge in [-0.1, -0.05) is 30.3 Å². The number of nitrogens with zero attached hydrogens (tertiary/aromatic N) is 1. The second kappa shape index (κ2) is 8.09. The number of benzene rings is 1. The second-order valence-electron chi connectivity index (χ2n) is 4.82. The monoisotopic (exact) mass is 303 g/mol. The van der Waals surface area contributed by atoms with E-state index in [2.05, 4.69) is 15.6 Å². The lowest BCUT2D eigenvalue weighted by molar-refractivity contribution is 0.248. The van der Waals surface area contributed by atoms with E-state index in [0.29, 0.717) is 13.0 Å². The lowest BCUT2D eigenvalue weighted by Crippen LogP contribution is -2.33. The van der Waals surface area contributed by atoms with E-state index in [0.717, 1.165) is 11.8 Å². The van der Waals surface area contributed by atoms with Crippen LogP contribution < -0.4 is 10.6 Å². The minimum atomic E-state index is -0.460. The number of urea groups is 1. The molecule has 1 atom stereocenters. The molecule has 0 saturated heterocycles. The van der Waals surface area contributed by atoms with E-state index in [1.807, 2.05) is 30.3 Å². The number of nitrogens with one attached hydrogen (secondary N) is 2. The van der Waals surface area contributed by atoms with Crippen molar-refractivity contribution < 1.29 is 14.3 Å². The predicted molar refractivity (Wildman–Crippen MR) is 82.1 cm³/mol. The van der Waals surface area contributed by atoms with E-state index in [-0.39, 0.29) is 18.3 Å². The SMILES string of the molecule is O=C(NCC(CCO)c1ccccc1)Nc1ccc(F)cn1. The molecule has 0 bridgehead atoms. The maximum absolute atomic E-state index is 12.7. The number of rotatable bonds is 6. The van der Waals surface area contributed by atoms with Gasteiger partial charge in [0.25, 0.3) is 0 Å². The van der Waals surface area contributed by atoms with Crippen LogP contribution in [-0.4, -0.2) is 29.3 Å². The van der Waals surface area contributed by atoms with Gasteiger partial charge in [0.1, 0.15) is 11.6 Å². The van der Waals surface area contributed by atoms with Crippen LogP contribution in [0.3, 0.4) is 0 Å². The number of amides is 2. The van der Waals surface area contributed by atoms with Gasteiger partial charge in [-0.3, -0.25) is 5.32 Å². The number of hydrogen-bond acceptors (Lipinski definition) is 3. The quantitative estimate of drug-likeness (QED) is 0.767. The Morgan fingerprint density at radius 3 is 2.64 bits per heavy atom. The van der Waals surface area contributed by atoms with Gasteiger partial charge in [0.15, 0.2) is 0 Å². The highest BCUT2D eigenvalue weighted by Crippen LogP contribution is 2.18. The average molecular weight is 303 g/mol. The minimum Gasteiger partial charge on any atom is -0.396 e. The minimum absolute atomic E-state index is 0.0260. The molecule has 0 aliphatic heterocycles. The van der Waals surface area contributed by atoms with Crippen LogP contribution in [0.15, 0.2) is 48.7 Å². The first-order valence-corrected chi connectivity index (χ1v) is 7.01. The number of hydrogen-bond donors (Lipinski definition) is 3. The molecule has 2 aromatic rings. The standard InChI is InChI=1S/C16H18FN3O2/c17-14-6-7-15(18-11-14)20-16(22)19-10-13(8-9-21)12-4-2-1-3-5-12/h1-7,11,13,21H,8-10H2,(H2,18,19,20,22). The van der Waals surface area contributed by atoms with Gasteiger partial charge in [0.2, 0.25) is 0 Å². The molecule has 3 N–H and O–H groups in total. The summed E-state index contributed by atoms with van der Waals surface area (Å²) in [6.45, 7) is 0.431. The Morgan fingerprint density at radius 1 is 1.23 bits per heavy atom. The molecule has 0 saturated carbocycles. The van der Waals surface area contributed by atoms with Crippen molar-refractivity contribution in [3.05, 3.63) is 60.0 Å². The van der Waals surface area contributed by atoms with Crippen LogP contribution in [0.1, 0.15) is 17.9 Å². The molecule has 0 fully saturated rings. The molecular weight excluding hydrogens is 285 g/mol. The summed E-state index contributed by atoms with van der Waals surface area (Å²) >= 11 is 0. The first-order chi connectivity index (χ1) is 10.7. The van der Waals surface area contributed by atoms with E-state index in [4.69, 9.17) is 5.11 Å². The van der Waals surface area contributed by atoms with E-state index in [9.17, 15) is 9.18 Å². The van der Waals surface area contributed by atoms with Gasteiger partial charge in [-0.05, 0) is 24.1 Å². The van der Waals surface area contributed by atoms with Crippen LogP contribution in [0, 0.1) is 5.82 Å². The summed E-state index contributed by atoms with van der Waals surface area (Å²) in [7, 11) is 0. The average Bonchev–Trinajstić information content (AvgIpc) is 2.54. The largest absolute Gasteiger partial charge is 0.396 e. The van der Waals surface area contributed by atoms with Crippen LogP contribution in [0.4, 0.5) is 15.0 Å². The highest BCUT2D eigenvalue weighted by atomic mass is 19.1. The number of carbonyl (C=O) groups is 1. The molecule has 1 heterocycles. The van der Waals surface area contributed by atoms with Gasteiger partial charge in [-0.15, -0.1) is 0 Å². The molecule has 1 aromatic heterocycles. The highest BCUT2D eigenvalue weighted by molar-refractivity contribution is 5.88.